The topological polar surface area (TPSA) is 135 Å². The Morgan fingerprint density at radius 3 is 2.35 bits per heavy atom. The smallest absolute Gasteiger partial charge is 0.257 e. The third-order valence-electron chi connectivity index (χ3n) is 4.58. The van der Waals surface area contributed by atoms with Crippen LogP contribution in [0.4, 0.5) is 5.13 Å². The number of amides is 1. The van der Waals surface area contributed by atoms with E-state index < -0.39 is 27.4 Å². The molecule has 0 bridgehead atoms. The first-order valence-electron chi connectivity index (χ1n) is 10.3. The van der Waals surface area contributed by atoms with Gasteiger partial charge in [0.05, 0.1) is 17.2 Å². The predicted octanol–water partition coefficient (Wildman–Crippen LogP) is 3.58. The Hall–Kier alpha value is -2.99. The summed E-state index contributed by atoms with van der Waals surface area (Å²) in [7, 11) is -3.34. The number of thiazole rings is 1. The van der Waals surface area contributed by atoms with Gasteiger partial charge in [-0.25, -0.2) is 13.4 Å². The molecular weight excluding hydrogens is 480 g/mol. The summed E-state index contributed by atoms with van der Waals surface area (Å²) in [6.07, 6.45) is 0.595. The molecule has 0 fully saturated rings. The van der Waals surface area contributed by atoms with Gasteiger partial charge in [-0.3, -0.25) is 10.1 Å². The molecule has 34 heavy (non-hydrogen) atoms. The van der Waals surface area contributed by atoms with Crippen molar-refractivity contribution >= 4 is 32.2 Å². The van der Waals surface area contributed by atoms with Crippen LogP contribution in [0.25, 0.3) is 0 Å². The summed E-state index contributed by atoms with van der Waals surface area (Å²) in [4.78, 5) is 17.3. The number of ether oxygens (including phenoxy) is 2. The molecule has 3 rings (SSSR count). The van der Waals surface area contributed by atoms with E-state index in [9.17, 15) is 23.4 Å². The van der Waals surface area contributed by atoms with E-state index in [1.54, 1.807) is 32.2 Å². The molecule has 11 heteroatoms. The number of aliphatic hydroxyl groups is 2. The molecule has 0 aliphatic carbocycles. The maximum Gasteiger partial charge on any atom is 0.257 e. The first-order chi connectivity index (χ1) is 15.8. The number of carbonyl (C=O) groups excluding carboxylic acids is 1. The Labute approximate surface area is 201 Å². The Morgan fingerprint density at radius 1 is 1.15 bits per heavy atom. The molecule has 3 aromatic rings. The quantitative estimate of drug-likeness (QED) is 0.401. The lowest BCUT2D eigenvalue weighted by atomic mass is 10.1. The van der Waals surface area contributed by atoms with Crippen molar-refractivity contribution in [2.45, 2.75) is 37.4 Å². The lowest BCUT2D eigenvalue weighted by Gasteiger charge is -2.15. The summed E-state index contributed by atoms with van der Waals surface area (Å²) in [6, 6.07) is 10.4. The Kier molecular flexibility index (Phi) is 7.61. The average molecular weight is 507 g/mol. The third-order valence-corrected chi connectivity index (χ3v) is 6.46. The van der Waals surface area contributed by atoms with Gasteiger partial charge in [0.15, 0.2) is 15.0 Å². The maximum atomic E-state index is 12.9. The van der Waals surface area contributed by atoms with Gasteiger partial charge < -0.3 is 19.7 Å². The Morgan fingerprint density at radius 2 is 1.79 bits per heavy atom. The normalized spacial score (nSPS) is 12.8. The van der Waals surface area contributed by atoms with E-state index in [0.29, 0.717) is 22.3 Å². The van der Waals surface area contributed by atoms with Crippen LogP contribution in [-0.4, -0.2) is 48.5 Å². The highest BCUT2D eigenvalue weighted by Crippen LogP contribution is 2.30. The molecule has 0 saturated carbocycles. The van der Waals surface area contributed by atoms with E-state index >= 15 is 0 Å². The molecule has 1 aromatic heterocycles. The van der Waals surface area contributed by atoms with Crippen molar-refractivity contribution in [2.24, 2.45) is 0 Å². The highest BCUT2D eigenvalue weighted by molar-refractivity contribution is 7.90. The number of anilines is 1. The van der Waals surface area contributed by atoms with Gasteiger partial charge in [0.1, 0.15) is 29.0 Å². The van der Waals surface area contributed by atoms with Crippen LogP contribution in [0, 0.1) is 0 Å². The molecule has 3 N–H and O–H groups in total. The largest absolute Gasteiger partial charge is 0.488 e. The third kappa shape index (κ3) is 6.76. The van der Waals surface area contributed by atoms with Gasteiger partial charge in [0, 0.05) is 23.3 Å². The van der Waals surface area contributed by atoms with Crippen LogP contribution in [0.3, 0.4) is 0 Å². The summed E-state index contributed by atoms with van der Waals surface area (Å²) in [5.41, 5.74) is -0.491. The molecule has 0 saturated heterocycles. The summed E-state index contributed by atoms with van der Waals surface area (Å²) in [6.45, 7) is 4.65. The predicted molar refractivity (Wildman–Crippen MR) is 129 cm³/mol. The van der Waals surface area contributed by atoms with Crippen molar-refractivity contribution in [2.75, 3.05) is 18.2 Å². The van der Waals surface area contributed by atoms with E-state index in [1.165, 1.54) is 47.7 Å². The zero-order valence-electron chi connectivity index (χ0n) is 19.1. The van der Waals surface area contributed by atoms with Crippen LogP contribution >= 0.6 is 11.3 Å². The number of nitrogens with one attached hydrogen (secondary N) is 1. The summed E-state index contributed by atoms with van der Waals surface area (Å²) >= 11 is 1.18. The standard InChI is InChI=1S/C23H26N2O7S2/c1-14(12-26)31-17-9-15(21(27)25-22-24-20(13-33-22)23(2,3)28)10-18(11-17)32-16-5-7-19(8-6-16)34(4,29)30/h5-11,13-14,26,28H,12H2,1-4H3,(H,24,25,27). The molecule has 182 valence electrons. The van der Waals surface area contributed by atoms with Crippen molar-refractivity contribution in [1.29, 1.82) is 0 Å². The van der Waals surface area contributed by atoms with Gasteiger partial charge in [-0.15, -0.1) is 11.3 Å². The number of sulfone groups is 1. The average Bonchev–Trinajstić information content (AvgIpc) is 3.22. The maximum absolute atomic E-state index is 12.9. The zero-order chi connectivity index (χ0) is 25.1. The molecular formula is C23H26N2O7S2. The van der Waals surface area contributed by atoms with E-state index in [-0.39, 0.29) is 22.8 Å². The number of aromatic nitrogens is 1. The number of benzene rings is 2. The molecule has 1 heterocycles. The van der Waals surface area contributed by atoms with Gasteiger partial charge in [-0.05, 0) is 57.2 Å². The summed E-state index contributed by atoms with van der Waals surface area (Å²) in [5, 5.41) is 24.1. The number of rotatable bonds is 9. The van der Waals surface area contributed by atoms with Gasteiger partial charge in [-0.2, -0.15) is 0 Å². The highest BCUT2D eigenvalue weighted by atomic mass is 32.2. The minimum Gasteiger partial charge on any atom is -0.488 e. The van der Waals surface area contributed by atoms with E-state index in [0.717, 1.165) is 6.26 Å². The SMILES string of the molecule is CC(CO)Oc1cc(Oc2ccc(S(C)(=O)=O)cc2)cc(C(=O)Nc2nc(C(C)(C)O)cs2)c1. The van der Waals surface area contributed by atoms with E-state index in [2.05, 4.69) is 10.3 Å². The van der Waals surface area contributed by atoms with Crippen LogP contribution in [0.5, 0.6) is 17.2 Å². The fourth-order valence-corrected chi connectivity index (χ4v) is 4.27. The van der Waals surface area contributed by atoms with Crippen molar-refractivity contribution in [1.82, 2.24) is 4.98 Å². The molecule has 1 amide bonds. The van der Waals surface area contributed by atoms with Crippen molar-refractivity contribution < 1.29 is 32.9 Å². The molecule has 0 spiro atoms. The molecule has 0 radical (unpaired) electrons. The number of nitrogens with zero attached hydrogens (tertiary/aromatic N) is 1. The fourth-order valence-electron chi connectivity index (χ4n) is 2.77. The number of hydrogen-bond donors (Lipinski definition) is 3. The van der Waals surface area contributed by atoms with Gasteiger partial charge in [0.25, 0.3) is 5.91 Å². The van der Waals surface area contributed by atoms with Crippen molar-refractivity contribution in [3.05, 3.63) is 59.1 Å². The number of hydrogen-bond acceptors (Lipinski definition) is 9. The molecule has 1 atom stereocenters. The lowest BCUT2D eigenvalue weighted by Crippen LogP contribution is -2.18. The molecule has 0 aliphatic heterocycles. The first kappa shape index (κ1) is 25.6. The molecule has 2 aromatic carbocycles. The second kappa shape index (κ2) is 10.1. The first-order valence-corrected chi connectivity index (χ1v) is 13.0. The van der Waals surface area contributed by atoms with Crippen LogP contribution in [-0.2, 0) is 15.4 Å². The summed E-state index contributed by atoms with van der Waals surface area (Å²) < 4.78 is 34.8. The van der Waals surface area contributed by atoms with Crippen LogP contribution in [0.15, 0.2) is 52.7 Å². The van der Waals surface area contributed by atoms with Crippen LogP contribution < -0.4 is 14.8 Å². The summed E-state index contributed by atoms with van der Waals surface area (Å²) in [5.74, 6) is 0.460. The van der Waals surface area contributed by atoms with Gasteiger partial charge in [0.2, 0.25) is 0 Å². The Bertz CT molecular complexity index is 1260. The van der Waals surface area contributed by atoms with Gasteiger partial charge >= 0.3 is 0 Å². The van der Waals surface area contributed by atoms with Gasteiger partial charge in [-0.1, -0.05) is 0 Å². The second-order valence-electron chi connectivity index (χ2n) is 8.20. The monoisotopic (exact) mass is 506 g/mol. The second-order valence-corrected chi connectivity index (χ2v) is 11.1. The lowest BCUT2D eigenvalue weighted by molar-refractivity contribution is 0.0745. The van der Waals surface area contributed by atoms with Crippen LogP contribution in [0.2, 0.25) is 0 Å². The van der Waals surface area contributed by atoms with Crippen molar-refractivity contribution in [3.8, 4) is 17.2 Å². The zero-order valence-corrected chi connectivity index (χ0v) is 20.7. The molecule has 1 unspecified atom stereocenters. The van der Waals surface area contributed by atoms with E-state index in [1.807, 2.05) is 0 Å². The molecule has 9 nitrogen and oxygen atoms in total. The van der Waals surface area contributed by atoms with Crippen LogP contribution in [0.1, 0.15) is 36.8 Å². The number of aliphatic hydroxyl groups excluding tert-OH is 1. The number of carbonyl (C=O) groups is 1. The highest BCUT2D eigenvalue weighted by Gasteiger charge is 2.21. The minimum atomic E-state index is -3.34. The van der Waals surface area contributed by atoms with Crippen molar-refractivity contribution in [3.63, 3.8) is 0 Å². The fraction of sp³-hybridized carbons (Fsp3) is 0.304. The Balaban J connectivity index is 1.87. The van der Waals surface area contributed by atoms with E-state index in [4.69, 9.17) is 9.47 Å². The minimum absolute atomic E-state index is 0.155. The molecule has 0 aliphatic rings.